The lowest BCUT2D eigenvalue weighted by Gasteiger charge is -1.93. The number of hydrogen-bond acceptors (Lipinski definition) is 4. The molecular formula is C12H14N4OS. The van der Waals surface area contributed by atoms with E-state index in [0.717, 1.165) is 10.7 Å². The highest BCUT2D eigenvalue weighted by atomic mass is 32.1. The van der Waals surface area contributed by atoms with Gasteiger partial charge in [0.1, 0.15) is 0 Å². The first-order chi connectivity index (χ1) is 8.61. The second-order valence-electron chi connectivity index (χ2n) is 3.75. The molecule has 2 aromatic rings. The number of allylic oxidation sites excluding steroid dienone is 3. The van der Waals surface area contributed by atoms with E-state index in [1.54, 1.807) is 28.0 Å². The first kappa shape index (κ1) is 12.5. The molecule has 0 fully saturated rings. The number of anilines is 1. The van der Waals surface area contributed by atoms with E-state index in [4.69, 9.17) is 0 Å². The van der Waals surface area contributed by atoms with Gasteiger partial charge in [-0.15, -0.1) is 5.10 Å². The lowest BCUT2D eigenvalue weighted by atomic mass is 10.4. The van der Waals surface area contributed by atoms with Crippen molar-refractivity contribution in [2.75, 3.05) is 5.32 Å². The van der Waals surface area contributed by atoms with Gasteiger partial charge in [-0.2, -0.15) is 4.98 Å². The number of rotatable bonds is 3. The third kappa shape index (κ3) is 2.48. The molecule has 2 aromatic heterocycles. The van der Waals surface area contributed by atoms with Crippen LogP contribution in [0.1, 0.15) is 17.5 Å². The van der Waals surface area contributed by atoms with Crippen molar-refractivity contribution < 1.29 is 4.79 Å². The Bertz CT molecular complexity index is 636. The van der Waals surface area contributed by atoms with Crippen molar-refractivity contribution in [2.45, 2.75) is 20.8 Å². The molecule has 0 bridgehead atoms. The number of amides is 1. The molecule has 0 spiro atoms. The van der Waals surface area contributed by atoms with Gasteiger partial charge in [0, 0.05) is 11.0 Å². The van der Waals surface area contributed by atoms with Gasteiger partial charge in [-0.1, -0.05) is 29.6 Å². The van der Waals surface area contributed by atoms with Crippen molar-refractivity contribution in [3.05, 3.63) is 34.9 Å². The third-order valence-corrected chi connectivity index (χ3v) is 3.48. The predicted molar refractivity (Wildman–Crippen MR) is 72.9 cm³/mol. The van der Waals surface area contributed by atoms with E-state index in [2.05, 4.69) is 15.4 Å². The number of aromatic nitrogens is 3. The van der Waals surface area contributed by atoms with Crippen molar-refractivity contribution in [3.8, 4) is 0 Å². The van der Waals surface area contributed by atoms with E-state index < -0.39 is 0 Å². The highest BCUT2D eigenvalue weighted by Gasteiger charge is 2.11. The summed E-state index contributed by atoms with van der Waals surface area (Å²) in [7, 11) is 0. The van der Waals surface area contributed by atoms with Crippen LogP contribution >= 0.6 is 11.3 Å². The van der Waals surface area contributed by atoms with Gasteiger partial charge in [-0.25, -0.2) is 4.52 Å². The van der Waals surface area contributed by atoms with Gasteiger partial charge in [0.05, 0.1) is 5.69 Å². The normalized spacial score (nSPS) is 11.9. The molecule has 0 aliphatic rings. The molecule has 1 amide bonds. The number of carbonyl (C=O) groups excluding carboxylic acids is 1. The lowest BCUT2D eigenvalue weighted by Crippen LogP contribution is -2.09. The van der Waals surface area contributed by atoms with Crippen LogP contribution in [-0.4, -0.2) is 20.5 Å². The van der Waals surface area contributed by atoms with Gasteiger partial charge in [0.15, 0.2) is 0 Å². The van der Waals surface area contributed by atoms with E-state index >= 15 is 0 Å². The minimum Gasteiger partial charge on any atom is -0.290 e. The first-order valence-electron chi connectivity index (χ1n) is 5.55. The summed E-state index contributed by atoms with van der Waals surface area (Å²) in [6, 6.07) is 0. The average molecular weight is 262 g/mol. The quantitative estimate of drug-likeness (QED) is 0.683. The zero-order valence-corrected chi connectivity index (χ0v) is 11.3. The summed E-state index contributed by atoms with van der Waals surface area (Å²) in [6.45, 7) is 5.89. The van der Waals surface area contributed by atoms with Crippen LogP contribution in [0.15, 0.2) is 24.3 Å². The minimum absolute atomic E-state index is 0.235. The van der Waals surface area contributed by atoms with E-state index in [1.807, 2.05) is 26.8 Å². The van der Waals surface area contributed by atoms with Crippen molar-refractivity contribution in [3.63, 3.8) is 0 Å². The van der Waals surface area contributed by atoms with E-state index in [-0.39, 0.29) is 5.91 Å². The van der Waals surface area contributed by atoms with Gasteiger partial charge in [0.2, 0.25) is 4.96 Å². The largest absolute Gasteiger partial charge is 0.290 e. The fourth-order valence-corrected chi connectivity index (χ4v) is 2.31. The molecule has 6 heteroatoms. The number of thiazole rings is 1. The highest BCUT2D eigenvalue weighted by molar-refractivity contribution is 7.17. The zero-order valence-electron chi connectivity index (χ0n) is 10.5. The second-order valence-corrected chi connectivity index (χ2v) is 4.93. The lowest BCUT2D eigenvalue weighted by molar-refractivity contribution is -0.111. The smallest absolute Gasteiger partial charge is 0.250 e. The van der Waals surface area contributed by atoms with Gasteiger partial charge in [-0.3, -0.25) is 10.1 Å². The summed E-state index contributed by atoms with van der Waals surface area (Å²) in [5.74, 6) is 0.0974. The second kappa shape index (κ2) is 5.14. The molecule has 94 valence electrons. The van der Waals surface area contributed by atoms with Gasteiger partial charge >= 0.3 is 0 Å². The van der Waals surface area contributed by atoms with Gasteiger partial charge < -0.3 is 0 Å². The summed E-state index contributed by atoms with van der Waals surface area (Å²) in [5, 5.41) is 6.86. The molecule has 2 rings (SSSR count). The van der Waals surface area contributed by atoms with Crippen molar-refractivity contribution in [1.82, 2.24) is 14.6 Å². The maximum Gasteiger partial charge on any atom is 0.250 e. The molecule has 0 aliphatic carbocycles. The maximum atomic E-state index is 11.5. The summed E-state index contributed by atoms with van der Waals surface area (Å²) < 4.78 is 1.74. The number of nitrogens with one attached hydrogen (secondary N) is 1. The number of nitrogens with zero attached hydrogens (tertiary/aromatic N) is 3. The summed E-state index contributed by atoms with van der Waals surface area (Å²) in [4.78, 5) is 17.7. The van der Waals surface area contributed by atoms with Crippen LogP contribution in [0.4, 0.5) is 5.95 Å². The van der Waals surface area contributed by atoms with Crippen LogP contribution in [0.2, 0.25) is 0 Å². The summed E-state index contributed by atoms with van der Waals surface area (Å²) in [5.41, 5.74) is 1.05. The monoisotopic (exact) mass is 262 g/mol. The molecule has 0 atom stereocenters. The molecule has 1 N–H and O–H groups in total. The summed E-state index contributed by atoms with van der Waals surface area (Å²) >= 11 is 1.56. The summed E-state index contributed by atoms with van der Waals surface area (Å²) in [6.07, 6.45) is 6.74. The Balaban J connectivity index is 2.15. The average Bonchev–Trinajstić information content (AvgIpc) is 2.81. The van der Waals surface area contributed by atoms with Crippen LogP contribution in [0, 0.1) is 13.8 Å². The van der Waals surface area contributed by atoms with Crippen molar-refractivity contribution >= 4 is 28.2 Å². The molecule has 0 saturated carbocycles. The Hall–Kier alpha value is -1.95. The number of aryl methyl sites for hydroxylation is 2. The van der Waals surface area contributed by atoms with Crippen molar-refractivity contribution in [2.24, 2.45) is 0 Å². The fourth-order valence-electron chi connectivity index (χ4n) is 1.40. The Morgan fingerprint density at radius 1 is 1.39 bits per heavy atom. The third-order valence-electron chi connectivity index (χ3n) is 2.44. The molecule has 18 heavy (non-hydrogen) atoms. The van der Waals surface area contributed by atoms with Crippen LogP contribution in [0.25, 0.3) is 4.96 Å². The van der Waals surface area contributed by atoms with Crippen LogP contribution in [0.5, 0.6) is 0 Å². The Morgan fingerprint density at radius 3 is 2.83 bits per heavy atom. The fraction of sp³-hybridized carbons (Fsp3) is 0.250. The SMILES string of the molecule is C/C=C/C=C/C(=O)Nc1nc2sc(C)c(C)n2n1. The Labute approximate surface area is 109 Å². The molecule has 0 aliphatic heterocycles. The number of carbonyl (C=O) groups is 1. The zero-order chi connectivity index (χ0) is 13.1. The van der Waals surface area contributed by atoms with Crippen LogP contribution in [-0.2, 0) is 4.79 Å². The van der Waals surface area contributed by atoms with E-state index in [0.29, 0.717) is 5.95 Å². The highest BCUT2D eigenvalue weighted by Crippen LogP contribution is 2.21. The molecular weight excluding hydrogens is 248 g/mol. The molecule has 2 heterocycles. The molecule has 0 saturated heterocycles. The Morgan fingerprint density at radius 2 is 2.17 bits per heavy atom. The Kier molecular flexibility index (Phi) is 3.57. The van der Waals surface area contributed by atoms with Crippen LogP contribution in [0.3, 0.4) is 0 Å². The minimum atomic E-state index is -0.235. The maximum absolute atomic E-state index is 11.5. The number of hydrogen-bond donors (Lipinski definition) is 1. The van der Waals surface area contributed by atoms with Gasteiger partial charge in [-0.05, 0) is 20.8 Å². The molecule has 0 aromatic carbocycles. The van der Waals surface area contributed by atoms with Crippen LogP contribution < -0.4 is 5.32 Å². The predicted octanol–water partition coefficient (Wildman–Crippen LogP) is 2.48. The number of fused-ring (bicyclic) bond motifs is 1. The standard InChI is InChI=1S/C12H14N4OS/c1-4-5-6-7-10(17)13-11-14-12-16(15-11)8(2)9(3)18-12/h4-7H,1-3H3,(H,13,15,17)/b5-4+,7-6+. The topological polar surface area (TPSA) is 59.3 Å². The first-order valence-corrected chi connectivity index (χ1v) is 6.36. The molecule has 0 unspecified atom stereocenters. The molecule has 0 radical (unpaired) electrons. The van der Waals surface area contributed by atoms with Gasteiger partial charge in [0.25, 0.3) is 11.9 Å². The van der Waals surface area contributed by atoms with E-state index in [1.165, 1.54) is 11.0 Å². The molecule has 5 nitrogen and oxygen atoms in total. The van der Waals surface area contributed by atoms with Crippen molar-refractivity contribution in [1.29, 1.82) is 0 Å². The van der Waals surface area contributed by atoms with E-state index in [9.17, 15) is 4.79 Å².